The molecule has 0 saturated carbocycles. The van der Waals surface area contributed by atoms with E-state index >= 15 is 0 Å². The van der Waals surface area contributed by atoms with E-state index < -0.39 is 0 Å². The Bertz CT molecular complexity index is 812. The van der Waals surface area contributed by atoms with E-state index in [1.54, 1.807) is 6.07 Å². The van der Waals surface area contributed by atoms with Crippen LogP contribution in [0.15, 0.2) is 60.3 Å². The molecule has 0 fully saturated rings. The predicted molar refractivity (Wildman–Crippen MR) is 92.4 cm³/mol. The molecule has 0 unspecified atom stereocenters. The number of nitrogens with one attached hydrogen (secondary N) is 1. The third-order valence-corrected chi connectivity index (χ3v) is 3.76. The first-order valence-electron chi connectivity index (χ1n) is 7.73. The highest BCUT2D eigenvalue weighted by molar-refractivity contribution is 6.36. The van der Waals surface area contributed by atoms with E-state index in [2.05, 4.69) is 5.32 Å². The van der Waals surface area contributed by atoms with Gasteiger partial charge in [0, 0.05) is 18.8 Å². The summed E-state index contributed by atoms with van der Waals surface area (Å²) in [5.74, 6) is 0.0461. The zero-order valence-electron chi connectivity index (χ0n) is 13.6. The standard InChI is InChI=1S/C19H18N2O3/c1-3-24-15-11-7-10-14(12-15)20-17-16(13-8-5-4-6-9-13)18(22)21(2)19(17)23/h4-12,20H,3H2,1-2H3. The van der Waals surface area contributed by atoms with Gasteiger partial charge < -0.3 is 10.1 Å². The molecule has 1 N–H and O–H groups in total. The molecule has 24 heavy (non-hydrogen) atoms. The lowest BCUT2D eigenvalue weighted by molar-refractivity contribution is -0.135. The van der Waals surface area contributed by atoms with Crippen molar-refractivity contribution in [2.45, 2.75) is 6.92 Å². The van der Waals surface area contributed by atoms with Crippen LogP contribution >= 0.6 is 0 Å². The van der Waals surface area contributed by atoms with Crippen LogP contribution in [-0.4, -0.2) is 30.4 Å². The highest BCUT2D eigenvalue weighted by Gasteiger charge is 2.36. The zero-order chi connectivity index (χ0) is 17.1. The second kappa shape index (κ2) is 6.58. The molecule has 0 aliphatic carbocycles. The summed E-state index contributed by atoms with van der Waals surface area (Å²) in [7, 11) is 1.49. The second-order valence-corrected chi connectivity index (χ2v) is 5.37. The SMILES string of the molecule is CCOc1cccc(NC2=C(c3ccccc3)C(=O)N(C)C2=O)c1. The van der Waals surface area contributed by atoms with E-state index in [1.165, 1.54) is 7.05 Å². The Morgan fingerprint density at radius 3 is 2.46 bits per heavy atom. The van der Waals surface area contributed by atoms with Crippen LogP contribution in [0.25, 0.3) is 5.57 Å². The van der Waals surface area contributed by atoms with Gasteiger partial charge in [-0.2, -0.15) is 0 Å². The highest BCUT2D eigenvalue weighted by Crippen LogP contribution is 2.30. The van der Waals surface area contributed by atoms with Crippen molar-refractivity contribution in [2.24, 2.45) is 0 Å². The molecule has 0 bridgehead atoms. The molecule has 0 spiro atoms. The van der Waals surface area contributed by atoms with Crippen molar-refractivity contribution in [3.8, 4) is 5.75 Å². The summed E-state index contributed by atoms with van der Waals surface area (Å²) in [6.45, 7) is 2.46. The fourth-order valence-corrected chi connectivity index (χ4v) is 2.60. The van der Waals surface area contributed by atoms with Crippen molar-refractivity contribution >= 4 is 23.1 Å². The Morgan fingerprint density at radius 2 is 1.75 bits per heavy atom. The van der Waals surface area contributed by atoms with E-state index in [4.69, 9.17) is 4.74 Å². The van der Waals surface area contributed by atoms with Gasteiger partial charge in [-0.05, 0) is 24.6 Å². The van der Waals surface area contributed by atoms with Gasteiger partial charge in [-0.25, -0.2) is 0 Å². The fraction of sp³-hybridized carbons (Fsp3) is 0.158. The first-order chi connectivity index (χ1) is 11.6. The number of likely N-dealkylation sites (N-methyl/N-ethyl adjacent to an activating group) is 1. The summed E-state index contributed by atoms with van der Waals surface area (Å²) < 4.78 is 5.47. The predicted octanol–water partition coefficient (Wildman–Crippen LogP) is 2.91. The van der Waals surface area contributed by atoms with Crippen molar-refractivity contribution in [1.82, 2.24) is 4.90 Å². The molecule has 122 valence electrons. The van der Waals surface area contributed by atoms with E-state index in [9.17, 15) is 9.59 Å². The van der Waals surface area contributed by atoms with Gasteiger partial charge in [0.05, 0.1) is 12.2 Å². The molecule has 0 radical (unpaired) electrons. The van der Waals surface area contributed by atoms with Gasteiger partial charge in [0.15, 0.2) is 0 Å². The number of hydrogen-bond donors (Lipinski definition) is 1. The minimum atomic E-state index is -0.347. The minimum Gasteiger partial charge on any atom is -0.494 e. The number of benzene rings is 2. The topological polar surface area (TPSA) is 58.6 Å². The summed E-state index contributed by atoms with van der Waals surface area (Å²) in [5.41, 5.74) is 2.07. The van der Waals surface area contributed by atoms with Gasteiger partial charge in [0.2, 0.25) is 0 Å². The van der Waals surface area contributed by atoms with Crippen LogP contribution in [-0.2, 0) is 9.59 Å². The third-order valence-electron chi connectivity index (χ3n) is 3.76. The van der Waals surface area contributed by atoms with Crippen LogP contribution in [0, 0.1) is 0 Å². The first-order valence-corrected chi connectivity index (χ1v) is 7.73. The van der Waals surface area contributed by atoms with Gasteiger partial charge in [-0.1, -0.05) is 36.4 Å². The number of imide groups is 1. The number of carbonyl (C=O) groups excluding carboxylic acids is 2. The van der Waals surface area contributed by atoms with Crippen molar-refractivity contribution in [3.05, 3.63) is 65.9 Å². The van der Waals surface area contributed by atoms with Gasteiger partial charge in [-0.3, -0.25) is 14.5 Å². The monoisotopic (exact) mass is 322 g/mol. The van der Waals surface area contributed by atoms with Gasteiger partial charge >= 0.3 is 0 Å². The van der Waals surface area contributed by atoms with Gasteiger partial charge in [-0.15, -0.1) is 0 Å². The molecule has 0 atom stereocenters. The highest BCUT2D eigenvalue weighted by atomic mass is 16.5. The zero-order valence-corrected chi connectivity index (χ0v) is 13.6. The lowest BCUT2D eigenvalue weighted by Crippen LogP contribution is -2.27. The Hall–Kier alpha value is -3.08. The Morgan fingerprint density at radius 1 is 1.00 bits per heavy atom. The van der Waals surface area contributed by atoms with E-state index in [0.29, 0.717) is 29.2 Å². The maximum Gasteiger partial charge on any atom is 0.277 e. The summed E-state index contributed by atoms with van der Waals surface area (Å²) in [6, 6.07) is 16.5. The lowest BCUT2D eigenvalue weighted by Gasteiger charge is -2.10. The molecular weight excluding hydrogens is 304 g/mol. The smallest absolute Gasteiger partial charge is 0.277 e. The fourth-order valence-electron chi connectivity index (χ4n) is 2.60. The van der Waals surface area contributed by atoms with Crippen molar-refractivity contribution < 1.29 is 14.3 Å². The quantitative estimate of drug-likeness (QED) is 0.860. The minimum absolute atomic E-state index is 0.280. The summed E-state index contributed by atoms with van der Waals surface area (Å²) >= 11 is 0. The van der Waals surface area contributed by atoms with Crippen LogP contribution in [0.5, 0.6) is 5.75 Å². The molecule has 5 nitrogen and oxygen atoms in total. The molecule has 1 aliphatic rings. The number of anilines is 1. The Balaban J connectivity index is 2.02. The van der Waals surface area contributed by atoms with Crippen LogP contribution in [0.4, 0.5) is 5.69 Å². The number of hydrogen-bond acceptors (Lipinski definition) is 4. The number of rotatable bonds is 5. The van der Waals surface area contributed by atoms with Gasteiger partial charge in [0.25, 0.3) is 11.8 Å². The molecule has 2 aromatic carbocycles. The molecule has 2 aromatic rings. The van der Waals surface area contributed by atoms with Crippen molar-refractivity contribution in [3.63, 3.8) is 0 Å². The molecule has 5 heteroatoms. The van der Waals surface area contributed by atoms with E-state index in [0.717, 1.165) is 4.90 Å². The van der Waals surface area contributed by atoms with Crippen LogP contribution in [0.3, 0.4) is 0 Å². The maximum absolute atomic E-state index is 12.5. The third kappa shape index (κ3) is 2.88. The number of carbonyl (C=O) groups is 2. The summed E-state index contributed by atoms with van der Waals surface area (Å²) in [5, 5.41) is 3.09. The molecule has 1 heterocycles. The van der Waals surface area contributed by atoms with Crippen molar-refractivity contribution in [1.29, 1.82) is 0 Å². The summed E-state index contributed by atoms with van der Waals surface area (Å²) in [4.78, 5) is 26.1. The van der Waals surface area contributed by atoms with Crippen molar-refractivity contribution in [2.75, 3.05) is 19.0 Å². The largest absolute Gasteiger partial charge is 0.494 e. The van der Waals surface area contributed by atoms with Crippen LogP contribution in [0.2, 0.25) is 0 Å². The average molecular weight is 322 g/mol. The van der Waals surface area contributed by atoms with E-state index in [-0.39, 0.29) is 17.5 Å². The maximum atomic E-state index is 12.5. The first kappa shape index (κ1) is 15.8. The molecule has 2 amide bonds. The molecule has 0 saturated heterocycles. The lowest BCUT2D eigenvalue weighted by atomic mass is 10.0. The van der Waals surface area contributed by atoms with Crippen LogP contribution in [0.1, 0.15) is 12.5 Å². The Labute approximate surface area is 140 Å². The summed E-state index contributed by atoms with van der Waals surface area (Å²) in [6.07, 6.45) is 0. The number of ether oxygens (including phenoxy) is 1. The van der Waals surface area contributed by atoms with Gasteiger partial charge in [0.1, 0.15) is 11.4 Å². The average Bonchev–Trinajstić information content (AvgIpc) is 2.80. The second-order valence-electron chi connectivity index (χ2n) is 5.37. The molecule has 1 aliphatic heterocycles. The van der Waals surface area contributed by atoms with Crippen LogP contribution < -0.4 is 10.1 Å². The number of nitrogens with zero attached hydrogens (tertiary/aromatic N) is 1. The number of amides is 2. The molecular formula is C19H18N2O3. The normalized spacial score (nSPS) is 14.3. The molecule has 0 aromatic heterocycles. The molecule has 3 rings (SSSR count). The Kier molecular flexibility index (Phi) is 4.33. The van der Waals surface area contributed by atoms with E-state index in [1.807, 2.05) is 55.5 Å².